The standard InChI is InChI=1S/C14H12FN3O2S2/c1-8-7-21-14(16-8)17-13-9(2)12(22(19,20)18-13)10-3-5-11(15)6-4-10/h3-7H,1-2H3,(H,16,17,18). The fraction of sp³-hybridized carbons (Fsp3) is 0.143. The second-order valence-corrected chi connectivity index (χ2v) is 7.19. The summed E-state index contributed by atoms with van der Waals surface area (Å²) in [5.74, 6) is -0.177. The third kappa shape index (κ3) is 2.67. The molecule has 1 aromatic heterocycles. The van der Waals surface area contributed by atoms with Gasteiger partial charge in [-0.2, -0.15) is 8.42 Å². The third-order valence-corrected chi connectivity index (χ3v) is 5.47. The number of amidine groups is 1. The molecule has 8 heteroatoms. The number of nitrogens with zero attached hydrogens (tertiary/aromatic N) is 2. The van der Waals surface area contributed by atoms with Crippen LogP contribution >= 0.6 is 11.3 Å². The fourth-order valence-corrected chi connectivity index (χ4v) is 4.25. The Bertz CT molecular complexity index is 896. The van der Waals surface area contributed by atoms with Crippen molar-refractivity contribution in [2.45, 2.75) is 13.8 Å². The van der Waals surface area contributed by atoms with Crippen molar-refractivity contribution in [3.63, 3.8) is 0 Å². The van der Waals surface area contributed by atoms with Gasteiger partial charge in [-0.05, 0) is 31.5 Å². The van der Waals surface area contributed by atoms with Gasteiger partial charge in [0.15, 0.2) is 5.13 Å². The number of thiazole rings is 1. The van der Waals surface area contributed by atoms with Gasteiger partial charge in [-0.1, -0.05) is 12.1 Å². The molecule has 2 heterocycles. The predicted octanol–water partition coefficient (Wildman–Crippen LogP) is 3.18. The summed E-state index contributed by atoms with van der Waals surface area (Å²) in [6.07, 6.45) is 0. The second-order valence-electron chi connectivity index (χ2n) is 4.80. The van der Waals surface area contributed by atoms with Crippen molar-refractivity contribution in [3.05, 3.63) is 52.3 Å². The van der Waals surface area contributed by atoms with Crippen LogP contribution in [0.5, 0.6) is 0 Å². The molecular formula is C14H12FN3O2S2. The molecule has 1 aromatic carbocycles. The van der Waals surface area contributed by atoms with E-state index in [9.17, 15) is 12.8 Å². The lowest BCUT2D eigenvalue weighted by molar-refractivity contribution is 0.608. The van der Waals surface area contributed by atoms with E-state index in [1.54, 1.807) is 6.92 Å². The van der Waals surface area contributed by atoms with Crippen LogP contribution in [0.1, 0.15) is 18.2 Å². The lowest BCUT2D eigenvalue weighted by atomic mass is 10.1. The van der Waals surface area contributed by atoms with Crippen molar-refractivity contribution in [2.24, 2.45) is 4.40 Å². The van der Waals surface area contributed by atoms with Crippen LogP contribution in [-0.2, 0) is 10.0 Å². The molecule has 0 radical (unpaired) electrons. The normalized spacial score (nSPS) is 16.8. The van der Waals surface area contributed by atoms with Gasteiger partial charge < -0.3 is 5.32 Å². The van der Waals surface area contributed by atoms with Crippen molar-refractivity contribution in [3.8, 4) is 0 Å². The molecule has 22 heavy (non-hydrogen) atoms. The molecule has 0 saturated carbocycles. The summed E-state index contributed by atoms with van der Waals surface area (Å²) in [5.41, 5.74) is 1.74. The molecule has 114 valence electrons. The van der Waals surface area contributed by atoms with E-state index in [1.807, 2.05) is 12.3 Å². The average molecular weight is 337 g/mol. The van der Waals surface area contributed by atoms with Crippen molar-refractivity contribution >= 4 is 37.2 Å². The first-order chi connectivity index (χ1) is 10.4. The molecule has 0 fully saturated rings. The maximum Gasteiger partial charge on any atom is 0.285 e. The highest BCUT2D eigenvalue weighted by Gasteiger charge is 2.31. The van der Waals surface area contributed by atoms with Crippen molar-refractivity contribution < 1.29 is 12.8 Å². The molecular weight excluding hydrogens is 325 g/mol. The summed E-state index contributed by atoms with van der Waals surface area (Å²) in [6, 6.07) is 5.30. The molecule has 1 aliphatic heterocycles. The van der Waals surface area contributed by atoms with Gasteiger partial charge in [0.1, 0.15) is 16.6 Å². The van der Waals surface area contributed by atoms with E-state index < -0.39 is 15.8 Å². The molecule has 0 aliphatic carbocycles. The summed E-state index contributed by atoms with van der Waals surface area (Å²) in [5, 5.41) is 5.35. The molecule has 1 aliphatic rings. The van der Waals surface area contributed by atoms with E-state index in [0.29, 0.717) is 16.3 Å². The number of halogens is 1. The quantitative estimate of drug-likeness (QED) is 0.913. The minimum Gasteiger partial charge on any atom is -0.315 e. The summed E-state index contributed by atoms with van der Waals surface area (Å²) < 4.78 is 41.3. The van der Waals surface area contributed by atoms with Gasteiger partial charge in [0.25, 0.3) is 10.0 Å². The molecule has 0 unspecified atom stereocenters. The minimum absolute atomic E-state index is 0.0864. The predicted molar refractivity (Wildman–Crippen MR) is 85.8 cm³/mol. The van der Waals surface area contributed by atoms with Crippen LogP contribution in [0.25, 0.3) is 4.91 Å². The van der Waals surface area contributed by atoms with E-state index in [-0.39, 0.29) is 10.7 Å². The Kier molecular flexibility index (Phi) is 3.57. The smallest absolute Gasteiger partial charge is 0.285 e. The van der Waals surface area contributed by atoms with Gasteiger partial charge >= 0.3 is 0 Å². The third-order valence-electron chi connectivity index (χ3n) is 3.12. The van der Waals surface area contributed by atoms with Crippen LogP contribution in [-0.4, -0.2) is 19.2 Å². The van der Waals surface area contributed by atoms with E-state index >= 15 is 0 Å². The highest BCUT2D eigenvalue weighted by atomic mass is 32.2. The first-order valence-corrected chi connectivity index (χ1v) is 8.70. The highest BCUT2D eigenvalue weighted by molar-refractivity contribution is 8.00. The topological polar surface area (TPSA) is 71.4 Å². The molecule has 0 bridgehead atoms. The number of rotatable bonds is 2. The molecule has 0 amide bonds. The van der Waals surface area contributed by atoms with Gasteiger partial charge in [-0.3, -0.25) is 0 Å². The Balaban J connectivity index is 2.01. The molecule has 0 spiro atoms. The number of sulfonamides is 1. The summed E-state index contributed by atoms with van der Waals surface area (Å²) in [6.45, 7) is 3.51. The number of benzene rings is 1. The van der Waals surface area contributed by atoms with Crippen LogP contribution in [0.4, 0.5) is 9.52 Å². The Morgan fingerprint density at radius 3 is 2.45 bits per heavy atom. The van der Waals surface area contributed by atoms with Gasteiger partial charge in [-0.25, -0.2) is 9.37 Å². The zero-order chi connectivity index (χ0) is 15.9. The van der Waals surface area contributed by atoms with Crippen LogP contribution in [0, 0.1) is 12.7 Å². The molecule has 3 rings (SSSR count). The molecule has 2 aromatic rings. The Morgan fingerprint density at radius 2 is 1.86 bits per heavy atom. The second kappa shape index (κ2) is 5.29. The lowest BCUT2D eigenvalue weighted by Gasteiger charge is -2.04. The zero-order valence-electron chi connectivity index (χ0n) is 11.8. The Morgan fingerprint density at radius 1 is 1.18 bits per heavy atom. The van der Waals surface area contributed by atoms with Gasteiger partial charge in [0, 0.05) is 11.0 Å². The van der Waals surface area contributed by atoms with Crippen molar-refractivity contribution in [2.75, 3.05) is 5.32 Å². The first-order valence-electron chi connectivity index (χ1n) is 6.38. The SMILES string of the molecule is CC1=C(c2ccc(F)cc2)S(=O)(=O)N=C1Nc1nc(C)cs1. The minimum atomic E-state index is -3.81. The van der Waals surface area contributed by atoms with E-state index in [4.69, 9.17) is 0 Å². The lowest BCUT2D eigenvalue weighted by Crippen LogP contribution is -2.11. The maximum absolute atomic E-state index is 13.0. The fourth-order valence-electron chi connectivity index (χ4n) is 2.13. The van der Waals surface area contributed by atoms with Crippen LogP contribution < -0.4 is 5.32 Å². The number of aryl methyl sites for hydroxylation is 1. The highest BCUT2D eigenvalue weighted by Crippen LogP contribution is 2.33. The monoisotopic (exact) mass is 337 g/mol. The average Bonchev–Trinajstić information content (AvgIpc) is 2.94. The Labute approximate surface area is 131 Å². The first kappa shape index (κ1) is 14.9. The van der Waals surface area contributed by atoms with Crippen LogP contribution in [0.15, 0.2) is 39.6 Å². The van der Waals surface area contributed by atoms with Crippen molar-refractivity contribution in [1.82, 2.24) is 4.98 Å². The maximum atomic E-state index is 13.0. The van der Waals surface area contributed by atoms with Crippen LogP contribution in [0.3, 0.4) is 0 Å². The van der Waals surface area contributed by atoms with Gasteiger partial charge in [0.05, 0.1) is 5.69 Å². The summed E-state index contributed by atoms with van der Waals surface area (Å²) in [4.78, 5) is 4.31. The van der Waals surface area contributed by atoms with Crippen LogP contribution in [0.2, 0.25) is 0 Å². The number of nitrogens with one attached hydrogen (secondary N) is 1. The number of aromatic nitrogens is 1. The van der Waals surface area contributed by atoms with Gasteiger partial charge in [-0.15, -0.1) is 15.7 Å². The largest absolute Gasteiger partial charge is 0.315 e. The Hall–Kier alpha value is -2.06. The zero-order valence-corrected chi connectivity index (χ0v) is 13.4. The number of hydrogen-bond acceptors (Lipinski definition) is 5. The van der Waals surface area contributed by atoms with Gasteiger partial charge in [0.2, 0.25) is 0 Å². The van der Waals surface area contributed by atoms with E-state index in [1.165, 1.54) is 35.6 Å². The molecule has 5 nitrogen and oxygen atoms in total. The van der Waals surface area contributed by atoms with Crippen molar-refractivity contribution in [1.29, 1.82) is 0 Å². The van der Waals surface area contributed by atoms with E-state index in [2.05, 4.69) is 14.7 Å². The molecule has 0 saturated heterocycles. The molecule has 1 N–H and O–H groups in total. The van der Waals surface area contributed by atoms with E-state index in [0.717, 1.165) is 5.69 Å². The molecule has 0 atom stereocenters. The number of anilines is 1. The number of hydrogen-bond donors (Lipinski definition) is 1. The summed E-state index contributed by atoms with van der Waals surface area (Å²) >= 11 is 1.37. The summed E-state index contributed by atoms with van der Waals surface area (Å²) in [7, 11) is -3.81.